The van der Waals surface area contributed by atoms with E-state index in [0.717, 1.165) is 16.8 Å². The average Bonchev–Trinajstić information content (AvgIpc) is 2.81. The van der Waals surface area contributed by atoms with Crippen molar-refractivity contribution < 1.29 is 9.59 Å². The fourth-order valence-electron chi connectivity index (χ4n) is 2.39. The van der Waals surface area contributed by atoms with E-state index in [0.29, 0.717) is 13.0 Å². The molecule has 5 heteroatoms. The van der Waals surface area contributed by atoms with Crippen LogP contribution in [0.1, 0.15) is 17.2 Å². The summed E-state index contributed by atoms with van der Waals surface area (Å²) in [5, 5.41) is 5.60. The zero-order chi connectivity index (χ0) is 12.0. The van der Waals surface area contributed by atoms with Crippen LogP contribution in [0.4, 0.5) is 10.5 Å². The average molecular weight is 231 g/mol. The van der Waals surface area contributed by atoms with E-state index in [4.69, 9.17) is 0 Å². The third kappa shape index (κ3) is 1.54. The molecular weight excluding hydrogens is 218 g/mol. The number of hydrogen-bond donors (Lipinski definition) is 2. The molecule has 5 nitrogen and oxygen atoms in total. The van der Waals surface area contributed by atoms with Crippen LogP contribution in [0.3, 0.4) is 0 Å². The number of hydrogen-bond acceptors (Lipinski definition) is 2. The van der Waals surface area contributed by atoms with Gasteiger partial charge in [-0.2, -0.15) is 0 Å². The number of urea groups is 1. The molecule has 1 saturated heterocycles. The van der Waals surface area contributed by atoms with Crippen molar-refractivity contribution in [1.82, 2.24) is 10.2 Å². The van der Waals surface area contributed by atoms with Crippen molar-refractivity contribution in [1.29, 1.82) is 0 Å². The van der Waals surface area contributed by atoms with Crippen LogP contribution < -0.4 is 10.6 Å². The second-order valence-corrected chi connectivity index (χ2v) is 4.45. The molecule has 2 aliphatic heterocycles. The van der Waals surface area contributed by atoms with E-state index in [2.05, 4.69) is 10.6 Å². The highest BCUT2D eigenvalue weighted by Gasteiger charge is 2.29. The van der Waals surface area contributed by atoms with Gasteiger partial charge in [0, 0.05) is 19.3 Å². The van der Waals surface area contributed by atoms with E-state index < -0.39 is 0 Å². The first-order valence-electron chi connectivity index (χ1n) is 5.58. The van der Waals surface area contributed by atoms with Gasteiger partial charge in [0.15, 0.2) is 0 Å². The van der Waals surface area contributed by atoms with E-state index in [1.165, 1.54) is 0 Å². The first kappa shape index (κ1) is 10.1. The zero-order valence-electron chi connectivity index (χ0n) is 9.49. The highest BCUT2D eigenvalue weighted by atomic mass is 16.2. The number of benzene rings is 1. The van der Waals surface area contributed by atoms with Crippen molar-refractivity contribution >= 4 is 17.6 Å². The third-order valence-electron chi connectivity index (χ3n) is 3.37. The van der Waals surface area contributed by atoms with Crippen LogP contribution in [-0.2, 0) is 11.2 Å². The van der Waals surface area contributed by atoms with Gasteiger partial charge in [-0.25, -0.2) is 4.79 Å². The molecule has 88 valence electrons. The fraction of sp³-hybridized carbons (Fsp3) is 0.333. The van der Waals surface area contributed by atoms with Gasteiger partial charge in [0.25, 0.3) is 0 Å². The topological polar surface area (TPSA) is 61.4 Å². The zero-order valence-corrected chi connectivity index (χ0v) is 9.49. The summed E-state index contributed by atoms with van der Waals surface area (Å²) >= 11 is 0. The number of anilines is 1. The molecule has 2 N–H and O–H groups in total. The monoisotopic (exact) mass is 231 g/mol. The fourth-order valence-corrected chi connectivity index (χ4v) is 2.39. The molecule has 1 aromatic carbocycles. The Balaban J connectivity index is 1.93. The Bertz CT molecular complexity index is 512. The Morgan fingerprint density at radius 2 is 2.18 bits per heavy atom. The number of nitrogens with zero attached hydrogens (tertiary/aromatic N) is 1. The second kappa shape index (κ2) is 3.48. The smallest absolute Gasteiger partial charge is 0.317 e. The minimum Gasteiger partial charge on any atom is -0.336 e. The van der Waals surface area contributed by atoms with Gasteiger partial charge < -0.3 is 15.5 Å². The second-order valence-electron chi connectivity index (χ2n) is 4.45. The molecule has 0 bridgehead atoms. The van der Waals surface area contributed by atoms with Crippen molar-refractivity contribution in [2.75, 3.05) is 18.9 Å². The normalized spacial score (nSPS) is 22.4. The van der Waals surface area contributed by atoms with Gasteiger partial charge in [-0.1, -0.05) is 12.1 Å². The van der Waals surface area contributed by atoms with Crippen molar-refractivity contribution in [3.05, 3.63) is 29.3 Å². The lowest BCUT2D eigenvalue weighted by molar-refractivity contribution is -0.115. The van der Waals surface area contributed by atoms with Crippen LogP contribution in [-0.4, -0.2) is 30.4 Å². The number of carbonyl (C=O) groups excluding carboxylic acids is 2. The van der Waals surface area contributed by atoms with Crippen molar-refractivity contribution in [2.45, 2.75) is 12.5 Å². The Labute approximate surface area is 98.8 Å². The lowest BCUT2D eigenvalue weighted by Crippen LogP contribution is -2.25. The van der Waals surface area contributed by atoms with Gasteiger partial charge in [0.2, 0.25) is 5.91 Å². The molecule has 2 aliphatic rings. The van der Waals surface area contributed by atoms with E-state index in [1.54, 1.807) is 11.9 Å². The molecule has 1 atom stereocenters. The van der Waals surface area contributed by atoms with Gasteiger partial charge in [-0.05, 0) is 17.2 Å². The van der Waals surface area contributed by atoms with Crippen LogP contribution in [0.15, 0.2) is 18.2 Å². The van der Waals surface area contributed by atoms with Gasteiger partial charge in [0.1, 0.15) is 0 Å². The van der Waals surface area contributed by atoms with Crippen LogP contribution in [0, 0.1) is 0 Å². The number of fused-ring (bicyclic) bond motifs is 1. The maximum Gasteiger partial charge on any atom is 0.317 e. The lowest BCUT2D eigenvalue weighted by Gasteiger charge is -2.18. The third-order valence-corrected chi connectivity index (χ3v) is 3.37. The molecule has 0 spiro atoms. The number of rotatable bonds is 1. The number of carbonyl (C=O) groups is 2. The van der Waals surface area contributed by atoms with Gasteiger partial charge in [-0.3, -0.25) is 4.79 Å². The molecule has 0 aliphatic carbocycles. The summed E-state index contributed by atoms with van der Waals surface area (Å²) in [5.41, 5.74) is 2.97. The maximum absolute atomic E-state index is 11.4. The molecule has 1 fully saturated rings. The van der Waals surface area contributed by atoms with Crippen molar-refractivity contribution in [3.8, 4) is 0 Å². The molecular formula is C12H13N3O2. The minimum absolute atomic E-state index is 0.0335. The predicted octanol–water partition coefficient (Wildman–Crippen LogP) is 0.877. The standard InChI is InChI=1S/C12H13N3O2/c1-15-10(6-13-12(15)17)7-2-3-9-8(4-7)5-11(16)14-9/h2-4,10H,5-6H2,1H3,(H,13,17)(H,14,16). The molecule has 0 aromatic heterocycles. The molecule has 3 amide bonds. The number of likely N-dealkylation sites (N-methyl/N-ethyl adjacent to an activating group) is 1. The molecule has 3 rings (SSSR count). The predicted molar refractivity (Wildman–Crippen MR) is 62.7 cm³/mol. The van der Waals surface area contributed by atoms with Gasteiger partial charge in [0.05, 0.1) is 12.5 Å². The molecule has 1 aromatic rings. The summed E-state index contributed by atoms with van der Waals surface area (Å²) in [4.78, 5) is 24.3. The molecule has 0 radical (unpaired) electrons. The van der Waals surface area contributed by atoms with E-state index in [1.807, 2.05) is 18.2 Å². The maximum atomic E-state index is 11.4. The number of nitrogens with one attached hydrogen (secondary N) is 2. The van der Waals surface area contributed by atoms with E-state index in [9.17, 15) is 9.59 Å². The van der Waals surface area contributed by atoms with Crippen molar-refractivity contribution in [2.24, 2.45) is 0 Å². The summed E-state index contributed by atoms with van der Waals surface area (Å²) in [6.45, 7) is 0.621. The highest BCUT2D eigenvalue weighted by molar-refractivity contribution is 5.99. The Hall–Kier alpha value is -2.04. The van der Waals surface area contributed by atoms with Gasteiger partial charge >= 0.3 is 6.03 Å². The molecule has 17 heavy (non-hydrogen) atoms. The lowest BCUT2D eigenvalue weighted by atomic mass is 10.0. The summed E-state index contributed by atoms with van der Waals surface area (Å²) in [5.74, 6) is 0.0335. The summed E-state index contributed by atoms with van der Waals surface area (Å²) in [7, 11) is 1.78. The summed E-state index contributed by atoms with van der Waals surface area (Å²) in [6.07, 6.45) is 0.432. The van der Waals surface area contributed by atoms with Gasteiger partial charge in [-0.15, -0.1) is 0 Å². The highest BCUT2D eigenvalue weighted by Crippen LogP contribution is 2.29. The largest absolute Gasteiger partial charge is 0.336 e. The molecule has 2 heterocycles. The quantitative estimate of drug-likeness (QED) is 0.753. The SMILES string of the molecule is CN1C(=O)NCC1c1ccc2c(c1)CC(=O)N2. The van der Waals surface area contributed by atoms with E-state index in [-0.39, 0.29) is 18.0 Å². The molecule has 1 unspecified atom stereocenters. The van der Waals surface area contributed by atoms with E-state index >= 15 is 0 Å². The van der Waals surface area contributed by atoms with Crippen LogP contribution in [0.2, 0.25) is 0 Å². The molecule has 0 saturated carbocycles. The summed E-state index contributed by atoms with van der Waals surface area (Å²) < 4.78 is 0. The minimum atomic E-state index is -0.0512. The Morgan fingerprint density at radius 1 is 1.35 bits per heavy atom. The Kier molecular flexibility index (Phi) is 2.07. The first-order chi connectivity index (χ1) is 8.15. The van der Waals surface area contributed by atoms with Crippen LogP contribution in [0.5, 0.6) is 0 Å². The Morgan fingerprint density at radius 3 is 2.88 bits per heavy atom. The first-order valence-corrected chi connectivity index (χ1v) is 5.58. The van der Waals surface area contributed by atoms with Crippen LogP contribution in [0.25, 0.3) is 0 Å². The number of amides is 3. The van der Waals surface area contributed by atoms with Crippen molar-refractivity contribution in [3.63, 3.8) is 0 Å². The van der Waals surface area contributed by atoms with Crippen LogP contribution >= 0.6 is 0 Å². The summed E-state index contributed by atoms with van der Waals surface area (Å²) in [6, 6.07) is 5.89.